The Morgan fingerprint density at radius 2 is 1.41 bits per heavy atom. The molecule has 2 aliphatic rings. The van der Waals surface area contributed by atoms with E-state index in [2.05, 4.69) is 52.0 Å². The molecule has 7 heteroatoms. The summed E-state index contributed by atoms with van der Waals surface area (Å²) in [5.41, 5.74) is 6.24. The number of carbonyl (C=O) groups is 1. The molecule has 0 unspecified atom stereocenters. The Bertz CT molecular complexity index is 1430. The molecule has 0 saturated carbocycles. The maximum Gasteiger partial charge on any atom is 0.254 e. The summed E-state index contributed by atoms with van der Waals surface area (Å²) in [6.07, 6.45) is 0. The first kappa shape index (κ1) is 26.3. The zero-order chi connectivity index (χ0) is 27.4. The average Bonchev–Trinajstić information content (AvgIpc) is 2.98. The van der Waals surface area contributed by atoms with Crippen molar-refractivity contribution in [2.75, 3.05) is 55.6 Å². The van der Waals surface area contributed by atoms with Gasteiger partial charge in [-0.2, -0.15) is 10.5 Å². The molecule has 7 nitrogen and oxygen atoms in total. The summed E-state index contributed by atoms with van der Waals surface area (Å²) in [6, 6.07) is 26.3. The molecule has 2 saturated heterocycles. The van der Waals surface area contributed by atoms with Crippen LogP contribution in [0.5, 0.6) is 0 Å². The van der Waals surface area contributed by atoms with Crippen LogP contribution >= 0.6 is 0 Å². The van der Waals surface area contributed by atoms with Crippen LogP contribution in [0.2, 0.25) is 0 Å². The molecule has 2 fully saturated rings. The van der Waals surface area contributed by atoms with Gasteiger partial charge in [-0.1, -0.05) is 36.4 Å². The molecule has 1 atom stereocenters. The topological polar surface area (TPSA) is 77.6 Å². The Kier molecular flexibility index (Phi) is 7.81. The van der Waals surface area contributed by atoms with Crippen LogP contribution in [0.1, 0.15) is 39.5 Å². The van der Waals surface area contributed by atoms with Crippen LogP contribution in [0.3, 0.4) is 0 Å². The molecule has 0 spiro atoms. The fourth-order valence-electron chi connectivity index (χ4n) is 5.72. The van der Waals surface area contributed by atoms with Gasteiger partial charge in [-0.25, -0.2) is 0 Å². The van der Waals surface area contributed by atoms with Crippen molar-refractivity contribution in [2.45, 2.75) is 26.4 Å². The van der Waals surface area contributed by atoms with Crippen molar-refractivity contribution < 1.29 is 4.79 Å². The van der Waals surface area contributed by atoms with Crippen molar-refractivity contribution in [1.29, 1.82) is 10.5 Å². The van der Waals surface area contributed by atoms with Gasteiger partial charge in [0.25, 0.3) is 5.91 Å². The Morgan fingerprint density at radius 3 is 2.03 bits per heavy atom. The van der Waals surface area contributed by atoms with Crippen LogP contribution < -0.4 is 9.80 Å². The van der Waals surface area contributed by atoms with Crippen molar-refractivity contribution >= 4 is 17.3 Å². The van der Waals surface area contributed by atoms with Crippen molar-refractivity contribution in [2.24, 2.45) is 0 Å². The zero-order valence-corrected chi connectivity index (χ0v) is 22.7. The predicted octanol–water partition coefficient (Wildman–Crippen LogP) is 4.41. The maximum absolute atomic E-state index is 13.7. The lowest BCUT2D eigenvalue weighted by Crippen LogP contribution is -2.54. The number of piperazine rings is 2. The Balaban J connectivity index is 1.23. The molecule has 1 amide bonds. The summed E-state index contributed by atoms with van der Waals surface area (Å²) >= 11 is 0. The summed E-state index contributed by atoms with van der Waals surface area (Å²) < 4.78 is 0. The van der Waals surface area contributed by atoms with E-state index in [-0.39, 0.29) is 11.9 Å². The van der Waals surface area contributed by atoms with E-state index in [4.69, 9.17) is 0 Å². The molecule has 2 aliphatic heterocycles. The normalized spacial score (nSPS) is 17.9. The van der Waals surface area contributed by atoms with Crippen molar-refractivity contribution in [3.63, 3.8) is 0 Å². The SMILES string of the molecule is Cc1ccc(CN2CCN(c3ccccc3C#N)CC2)cc1C(=O)N1CCN(c2ccccc2C#N)C[C@@H]1C. The number of benzene rings is 3. The van der Waals surface area contributed by atoms with Crippen LogP contribution in [0.15, 0.2) is 66.7 Å². The minimum atomic E-state index is 0.0328. The van der Waals surface area contributed by atoms with E-state index in [9.17, 15) is 15.3 Å². The Hall–Kier alpha value is -4.33. The highest BCUT2D eigenvalue weighted by Gasteiger charge is 2.30. The molecule has 0 bridgehead atoms. The second kappa shape index (κ2) is 11.6. The lowest BCUT2D eigenvalue weighted by Gasteiger charge is -2.41. The molecule has 0 radical (unpaired) electrons. The third-order valence-corrected chi connectivity index (χ3v) is 7.93. The van der Waals surface area contributed by atoms with Crippen molar-refractivity contribution in [1.82, 2.24) is 9.80 Å². The van der Waals surface area contributed by atoms with Crippen molar-refractivity contribution in [3.05, 3.63) is 94.5 Å². The van der Waals surface area contributed by atoms with Gasteiger partial charge in [0.2, 0.25) is 0 Å². The number of carbonyl (C=O) groups excluding carboxylic acids is 1. The number of aryl methyl sites for hydroxylation is 1. The van der Waals surface area contributed by atoms with Crippen LogP contribution in [0.25, 0.3) is 0 Å². The highest BCUT2D eigenvalue weighted by molar-refractivity contribution is 5.96. The maximum atomic E-state index is 13.7. The number of nitrogens with zero attached hydrogens (tertiary/aromatic N) is 6. The van der Waals surface area contributed by atoms with Gasteiger partial charge in [-0.05, 0) is 55.3 Å². The van der Waals surface area contributed by atoms with E-state index in [1.165, 1.54) is 0 Å². The van der Waals surface area contributed by atoms with E-state index >= 15 is 0 Å². The Morgan fingerprint density at radius 1 is 0.821 bits per heavy atom. The third kappa shape index (κ3) is 5.60. The Labute approximate surface area is 231 Å². The van der Waals surface area contributed by atoms with Crippen molar-refractivity contribution in [3.8, 4) is 12.1 Å². The smallest absolute Gasteiger partial charge is 0.254 e. The fourth-order valence-corrected chi connectivity index (χ4v) is 5.72. The lowest BCUT2D eigenvalue weighted by molar-refractivity contribution is 0.0673. The highest BCUT2D eigenvalue weighted by atomic mass is 16.2. The number of para-hydroxylation sites is 2. The summed E-state index contributed by atoms with van der Waals surface area (Å²) in [5, 5.41) is 19.0. The van der Waals surface area contributed by atoms with E-state index in [1.807, 2.05) is 60.4 Å². The average molecular weight is 519 g/mol. The molecule has 2 heterocycles. The molecule has 0 N–H and O–H groups in total. The largest absolute Gasteiger partial charge is 0.368 e. The summed E-state index contributed by atoms with van der Waals surface area (Å²) in [4.78, 5) is 22.6. The number of rotatable bonds is 5. The molecule has 3 aromatic rings. The second-order valence-corrected chi connectivity index (χ2v) is 10.5. The van der Waals surface area contributed by atoms with Gasteiger partial charge in [0.15, 0.2) is 0 Å². The van der Waals surface area contributed by atoms with Crippen LogP contribution in [0, 0.1) is 29.6 Å². The van der Waals surface area contributed by atoms with Gasteiger partial charge < -0.3 is 14.7 Å². The summed E-state index contributed by atoms with van der Waals surface area (Å²) in [6.45, 7) is 10.4. The van der Waals surface area contributed by atoms with Gasteiger partial charge in [-0.15, -0.1) is 0 Å². The van der Waals surface area contributed by atoms with E-state index < -0.39 is 0 Å². The van der Waals surface area contributed by atoms with Crippen LogP contribution in [-0.2, 0) is 6.54 Å². The zero-order valence-electron chi connectivity index (χ0n) is 22.7. The van der Waals surface area contributed by atoms with Gasteiger partial charge in [0, 0.05) is 64.0 Å². The van der Waals surface area contributed by atoms with Crippen LogP contribution in [-0.4, -0.2) is 67.6 Å². The van der Waals surface area contributed by atoms with E-state index in [0.29, 0.717) is 25.2 Å². The van der Waals surface area contributed by atoms with E-state index in [0.717, 1.165) is 66.4 Å². The molecular weight excluding hydrogens is 484 g/mol. The highest BCUT2D eigenvalue weighted by Crippen LogP contribution is 2.26. The fraction of sp³-hybridized carbons (Fsp3) is 0.344. The molecule has 0 aromatic heterocycles. The monoisotopic (exact) mass is 518 g/mol. The first-order valence-corrected chi connectivity index (χ1v) is 13.6. The molecule has 5 rings (SSSR count). The molecule has 3 aromatic carbocycles. The predicted molar refractivity (Wildman–Crippen MR) is 154 cm³/mol. The number of amides is 1. The van der Waals surface area contributed by atoms with E-state index in [1.54, 1.807) is 0 Å². The minimum Gasteiger partial charge on any atom is -0.368 e. The van der Waals surface area contributed by atoms with Gasteiger partial charge in [0.05, 0.1) is 22.5 Å². The molecule has 0 aliphatic carbocycles. The first-order valence-electron chi connectivity index (χ1n) is 13.6. The summed E-state index contributed by atoms with van der Waals surface area (Å²) in [7, 11) is 0. The quantitative estimate of drug-likeness (QED) is 0.498. The second-order valence-electron chi connectivity index (χ2n) is 10.5. The van der Waals surface area contributed by atoms with Gasteiger partial charge in [-0.3, -0.25) is 9.69 Å². The molecule has 39 heavy (non-hydrogen) atoms. The number of anilines is 2. The summed E-state index contributed by atoms with van der Waals surface area (Å²) in [5.74, 6) is 0.0769. The number of hydrogen-bond acceptors (Lipinski definition) is 6. The molecular formula is C32H34N6O. The molecule has 198 valence electrons. The minimum absolute atomic E-state index is 0.0328. The van der Waals surface area contributed by atoms with Crippen LogP contribution in [0.4, 0.5) is 11.4 Å². The lowest BCUT2D eigenvalue weighted by atomic mass is 10.0. The standard InChI is InChI=1S/C32H34N6O/c1-24-11-12-26(23-35-13-15-36(16-14-35)30-9-5-3-7-27(30)20-33)19-29(24)32(39)38-18-17-37(22-25(38)2)31-10-6-4-8-28(31)21-34/h3-12,19,25H,13-18,22-23H2,1-2H3/t25-/m0/s1. The first-order chi connectivity index (χ1) is 19.0. The van der Waals surface area contributed by atoms with Gasteiger partial charge in [0.1, 0.15) is 12.1 Å². The third-order valence-electron chi connectivity index (χ3n) is 7.93. The number of hydrogen-bond donors (Lipinski definition) is 0. The number of nitriles is 2. The van der Waals surface area contributed by atoms with Gasteiger partial charge >= 0.3 is 0 Å².